The van der Waals surface area contributed by atoms with Crippen molar-refractivity contribution in [2.45, 2.75) is 38.5 Å². The summed E-state index contributed by atoms with van der Waals surface area (Å²) < 4.78 is 0. The molecule has 0 spiro atoms. The molecule has 6 heteroatoms. The van der Waals surface area contributed by atoms with E-state index in [0.717, 1.165) is 44.2 Å². The second-order valence-electron chi connectivity index (χ2n) is 5.09. The van der Waals surface area contributed by atoms with E-state index < -0.39 is 5.41 Å². The van der Waals surface area contributed by atoms with Crippen LogP contribution in [0.1, 0.15) is 37.8 Å². The number of nitrogens with zero attached hydrogens (tertiary/aromatic N) is 1. The SMILES string of the molecule is NC(=S)C1(C(=O)NCCc2cnc[nH]2)CCCCC1. The zero-order chi connectivity index (χ0) is 13.7. The molecule has 1 aromatic heterocycles. The van der Waals surface area contributed by atoms with Crippen LogP contribution in [-0.4, -0.2) is 27.4 Å². The van der Waals surface area contributed by atoms with Crippen molar-refractivity contribution in [1.29, 1.82) is 0 Å². The summed E-state index contributed by atoms with van der Waals surface area (Å²) >= 11 is 5.13. The summed E-state index contributed by atoms with van der Waals surface area (Å²) in [6.45, 7) is 0.575. The first-order chi connectivity index (χ1) is 9.15. The highest BCUT2D eigenvalue weighted by molar-refractivity contribution is 7.80. The van der Waals surface area contributed by atoms with Crippen LogP contribution >= 0.6 is 12.2 Å². The van der Waals surface area contributed by atoms with Crippen LogP contribution in [0.2, 0.25) is 0 Å². The Balaban J connectivity index is 1.91. The first kappa shape index (κ1) is 14.0. The van der Waals surface area contributed by atoms with E-state index in [2.05, 4.69) is 15.3 Å². The zero-order valence-corrected chi connectivity index (χ0v) is 11.8. The van der Waals surface area contributed by atoms with Gasteiger partial charge in [0, 0.05) is 24.9 Å². The Morgan fingerprint density at radius 3 is 2.79 bits per heavy atom. The van der Waals surface area contributed by atoms with E-state index in [1.807, 2.05) is 0 Å². The molecule has 1 fully saturated rings. The smallest absolute Gasteiger partial charge is 0.233 e. The lowest BCUT2D eigenvalue weighted by molar-refractivity contribution is -0.128. The lowest BCUT2D eigenvalue weighted by Gasteiger charge is -2.34. The van der Waals surface area contributed by atoms with E-state index in [4.69, 9.17) is 18.0 Å². The molecule has 0 radical (unpaired) electrons. The van der Waals surface area contributed by atoms with Gasteiger partial charge in [-0.05, 0) is 12.8 Å². The Labute approximate surface area is 118 Å². The molecule has 1 aromatic rings. The molecule has 1 aliphatic carbocycles. The number of rotatable bonds is 5. The monoisotopic (exact) mass is 280 g/mol. The minimum Gasteiger partial charge on any atom is -0.392 e. The molecule has 1 aliphatic rings. The van der Waals surface area contributed by atoms with Crippen molar-refractivity contribution in [3.05, 3.63) is 18.2 Å². The number of carbonyl (C=O) groups is 1. The largest absolute Gasteiger partial charge is 0.392 e. The lowest BCUT2D eigenvalue weighted by Crippen LogP contribution is -2.50. The van der Waals surface area contributed by atoms with Crippen LogP contribution < -0.4 is 11.1 Å². The number of hydrogen-bond acceptors (Lipinski definition) is 3. The van der Waals surface area contributed by atoms with Gasteiger partial charge < -0.3 is 16.0 Å². The van der Waals surface area contributed by atoms with Crippen molar-refractivity contribution in [2.24, 2.45) is 11.1 Å². The number of carbonyl (C=O) groups excluding carboxylic acids is 1. The van der Waals surface area contributed by atoms with Crippen molar-refractivity contribution in [1.82, 2.24) is 15.3 Å². The maximum absolute atomic E-state index is 12.4. The van der Waals surface area contributed by atoms with Gasteiger partial charge in [-0.15, -0.1) is 0 Å². The highest BCUT2D eigenvalue weighted by Crippen LogP contribution is 2.36. The van der Waals surface area contributed by atoms with Crippen LogP contribution in [0.25, 0.3) is 0 Å². The highest BCUT2D eigenvalue weighted by Gasteiger charge is 2.42. The quantitative estimate of drug-likeness (QED) is 0.710. The summed E-state index contributed by atoms with van der Waals surface area (Å²) in [6, 6.07) is 0. The van der Waals surface area contributed by atoms with E-state index in [9.17, 15) is 4.79 Å². The van der Waals surface area contributed by atoms with Crippen LogP contribution in [-0.2, 0) is 11.2 Å². The number of amides is 1. The Kier molecular flexibility index (Phi) is 4.52. The number of aromatic nitrogens is 2. The third-order valence-corrected chi connectivity index (χ3v) is 4.24. The Morgan fingerprint density at radius 2 is 2.21 bits per heavy atom. The molecule has 1 amide bonds. The van der Waals surface area contributed by atoms with Gasteiger partial charge in [-0.1, -0.05) is 31.5 Å². The first-order valence-corrected chi connectivity index (χ1v) is 7.11. The third-order valence-electron chi connectivity index (χ3n) is 3.85. The van der Waals surface area contributed by atoms with Gasteiger partial charge in [0.15, 0.2) is 0 Å². The second kappa shape index (κ2) is 6.14. The molecular weight excluding hydrogens is 260 g/mol. The fourth-order valence-corrected chi connectivity index (χ4v) is 2.94. The van der Waals surface area contributed by atoms with E-state index in [1.165, 1.54) is 0 Å². The molecule has 2 rings (SSSR count). The maximum atomic E-state index is 12.4. The summed E-state index contributed by atoms with van der Waals surface area (Å²) in [5, 5.41) is 2.96. The highest BCUT2D eigenvalue weighted by atomic mass is 32.1. The molecule has 0 atom stereocenters. The number of nitrogens with one attached hydrogen (secondary N) is 2. The van der Waals surface area contributed by atoms with Crippen LogP contribution in [0.15, 0.2) is 12.5 Å². The van der Waals surface area contributed by atoms with E-state index in [0.29, 0.717) is 11.5 Å². The number of imidazole rings is 1. The fourth-order valence-electron chi connectivity index (χ4n) is 2.64. The summed E-state index contributed by atoms with van der Waals surface area (Å²) in [6.07, 6.45) is 8.88. The second-order valence-corrected chi connectivity index (χ2v) is 5.53. The van der Waals surface area contributed by atoms with Crippen LogP contribution in [0.5, 0.6) is 0 Å². The average molecular weight is 280 g/mol. The molecule has 4 N–H and O–H groups in total. The molecule has 1 heterocycles. The van der Waals surface area contributed by atoms with Gasteiger partial charge in [0.2, 0.25) is 5.91 Å². The van der Waals surface area contributed by atoms with Crippen LogP contribution in [0, 0.1) is 5.41 Å². The predicted molar refractivity (Wildman–Crippen MR) is 77.6 cm³/mol. The minimum absolute atomic E-state index is 0.0146. The standard InChI is InChI=1S/C13H20N4OS/c14-11(19)13(5-2-1-3-6-13)12(18)16-7-4-10-8-15-9-17-10/h8-9H,1-7H2,(H2,14,19)(H,15,17)(H,16,18). The van der Waals surface area contributed by atoms with E-state index in [-0.39, 0.29) is 5.91 Å². The van der Waals surface area contributed by atoms with Crippen LogP contribution in [0.4, 0.5) is 0 Å². The van der Waals surface area contributed by atoms with Crippen molar-refractivity contribution in [3.8, 4) is 0 Å². The molecule has 0 unspecified atom stereocenters. The molecule has 104 valence electrons. The number of nitrogens with two attached hydrogens (primary N) is 1. The topological polar surface area (TPSA) is 83.8 Å². The number of aromatic amines is 1. The summed E-state index contributed by atoms with van der Waals surface area (Å²) in [4.78, 5) is 19.7. The van der Waals surface area contributed by atoms with Gasteiger partial charge in [0.25, 0.3) is 0 Å². The number of hydrogen-bond donors (Lipinski definition) is 3. The first-order valence-electron chi connectivity index (χ1n) is 6.70. The van der Waals surface area contributed by atoms with Crippen LogP contribution in [0.3, 0.4) is 0 Å². The molecular formula is C13H20N4OS. The minimum atomic E-state index is -0.623. The lowest BCUT2D eigenvalue weighted by atomic mass is 9.73. The van der Waals surface area contributed by atoms with Crippen molar-refractivity contribution >= 4 is 23.1 Å². The summed E-state index contributed by atoms with van der Waals surface area (Å²) in [5.41, 5.74) is 6.21. The molecule has 19 heavy (non-hydrogen) atoms. The summed E-state index contributed by atoms with van der Waals surface area (Å²) in [7, 11) is 0. The Morgan fingerprint density at radius 1 is 1.47 bits per heavy atom. The predicted octanol–water partition coefficient (Wildman–Crippen LogP) is 1.30. The van der Waals surface area contributed by atoms with Gasteiger partial charge in [-0.2, -0.15) is 0 Å². The molecule has 0 aromatic carbocycles. The van der Waals surface area contributed by atoms with Crippen molar-refractivity contribution < 1.29 is 4.79 Å². The van der Waals surface area contributed by atoms with Gasteiger partial charge in [0.1, 0.15) is 0 Å². The van der Waals surface area contributed by atoms with Gasteiger partial charge in [0.05, 0.1) is 16.7 Å². The van der Waals surface area contributed by atoms with Crippen molar-refractivity contribution in [3.63, 3.8) is 0 Å². The van der Waals surface area contributed by atoms with Gasteiger partial charge in [-0.3, -0.25) is 4.79 Å². The van der Waals surface area contributed by atoms with Gasteiger partial charge >= 0.3 is 0 Å². The maximum Gasteiger partial charge on any atom is 0.233 e. The molecule has 0 saturated heterocycles. The van der Waals surface area contributed by atoms with E-state index >= 15 is 0 Å². The fraction of sp³-hybridized carbons (Fsp3) is 0.615. The normalized spacial score (nSPS) is 17.9. The summed E-state index contributed by atoms with van der Waals surface area (Å²) in [5.74, 6) is -0.0146. The van der Waals surface area contributed by atoms with Crippen molar-refractivity contribution in [2.75, 3.05) is 6.54 Å². The number of H-pyrrole nitrogens is 1. The average Bonchev–Trinajstić information content (AvgIpc) is 2.92. The Bertz CT molecular complexity index is 438. The van der Waals surface area contributed by atoms with E-state index in [1.54, 1.807) is 12.5 Å². The molecule has 0 aliphatic heterocycles. The molecule has 1 saturated carbocycles. The Hall–Kier alpha value is -1.43. The zero-order valence-electron chi connectivity index (χ0n) is 10.9. The molecule has 0 bridgehead atoms. The van der Waals surface area contributed by atoms with Gasteiger partial charge in [-0.25, -0.2) is 4.98 Å². The molecule has 5 nitrogen and oxygen atoms in total. The number of thiocarbonyl (C=S) groups is 1. The third kappa shape index (κ3) is 3.12.